The monoisotopic (exact) mass is 464 g/mol. The fraction of sp³-hybridized carbons (Fsp3) is 0.423. The molecule has 0 spiro atoms. The van der Waals surface area contributed by atoms with Crippen LogP contribution in [0.5, 0.6) is 0 Å². The molecule has 1 N–H and O–H groups in total. The number of fused-ring (bicyclic) bond motifs is 1. The normalized spacial score (nSPS) is 21.6. The van der Waals surface area contributed by atoms with Crippen molar-refractivity contribution in [1.82, 2.24) is 15.1 Å². The Morgan fingerprint density at radius 1 is 1.12 bits per heavy atom. The minimum Gasteiger partial charge on any atom is -0.463 e. The van der Waals surface area contributed by atoms with Crippen molar-refractivity contribution in [2.75, 3.05) is 4.90 Å². The van der Waals surface area contributed by atoms with Gasteiger partial charge in [-0.1, -0.05) is 44.2 Å². The fourth-order valence-corrected chi connectivity index (χ4v) is 5.08. The van der Waals surface area contributed by atoms with E-state index in [1.54, 1.807) is 37.3 Å². The first-order chi connectivity index (χ1) is 16.5. The molecule has 1 aliphatic carbocycles. The van der Waals surface area contributed by atoms with E-state index < -0.39 is 17.3 Å². The zero-order valence-electron chi connectivity index (χ0n) is 19.3. The van der Waals surface area contributed by atoms with Gasteiger partial charge in [0.25, 0.3) is 5.91 Å². The number of halogens is 1. The van der Waals surface area contributed by atoms with Crippen LogP contribution in [0.2, 0.25) is 0 Å². The molecule has 2 aliphatic rings. The van der Waals surface area contributed by atoms with Crippen molar-refractivity contribution >= 4 is 17.5 Å². The lowest BCUT2D eigenvalue weighted by atomic mass is 9.91. The number of hydrogen-bond donors (Lipinski definition) is 1. The molecule has 34 heavy (non-hydrogen) atoms. The lowest BCUT2D eigenvalue weighted by Crippen LogP contribution is -2.65. The highest BCUT2D eigenvalue weighted by molar-refractivity contribution is 6.12. The number of carbonyl (C=O) groups excluding carboxylic acids is 2. The summed E-state index contributed by atoms with van der Waals surface area (Å²) < 4.78 is 21.9. The summed E-state index contributed by atoms with van der Waals surface area (Å²) in [6.45, 7) is 1.79. The van der Waals surface area contributed by atoms with Crippen molar-refractivity contribution < 1.29 is 18.4 Å². The summed E-state index contributed by atoms with van der Waals surface area (Å²) in [4.78, 5) is 28.8. The van der Waals surface area contributed by atoms with Gasteiger partial charge in [0, 0.05) is 12.1 Å². The lowest BCUT2D eigenvalue weighted by molar-refractivity contribution is -0.127. The van der Waals surface area contributed by atoms with E-state index in [1.807, 2.05) is 0 Å². The maximum absolute atomic E-state index is 15.0. The van der Waals surface area contributed by atoms with Crippen LogP contribution in [-0.4, -0.2) is 33.2 Å². The molecule has 5 rings (SSSR count). The summed E-state index contributed by atoms with van der Waals surface area (Å²) in [7, 11) is 0. The van der Waals surface area contributed by atoms with E-state index in [2.05, 4.69) is 10.4 Å². The zero-order valence-corrected chi connectivity index (χ0v) is 19.3. The van der Waals surface area contributed by atoms with Crippen molar-refractivity contribution in [3.05, 3.63) is 60.2 Å². The molecule has 0 unspecified atom stereocenters. The highest BCUT2D eigenvalue weighted by atomic mass is 19.1. The number of nitrogens with zero attached hydrogens (tertiary/aromatic N) is 3. The molecule has 0 saturated heterocycles. The number of para-hydroxylation sites is 1. The summed E-state index contributed by atoms with van der Waals surface area (Å²) in [5.41, 5.74) is -0.506. The fourth-order valence-electron chi connectivity index (χ4n) is 5.08. The number of aromatic nitrogens is 2. The number of carbonyl (C=O) groups is 2. The first kappa shape index (κ1) is 22.4. The van der Waals surface area contributed by atoms with E-state index in [1.165, 1.54) is 34.4 Å². The van der Waals surface area contributed by atoms with E-state index in [4.69, 9.17) is 4.42 Å². The third kappa shape index (κ3) is 4.02. The van der Waals surface area contributed by atoms with E-state index >= 15 is 0 Å². The van der Waals surface area contributed by atoms with E-state index in [0.717, 1.165) is 38.5 Å². The number of hydrogen-bond acceptors (Lipinski definition) is 4. The van der Waals surface area contributed by atoms with Crippen molar-refractivity contribution in [3.8, 4) is 11.5 Å². The molecule has 1 saturated carbocycles. The third-order valence-corrected chi connectivity index (χ3v) is 6.95. The Balaban J connectivity index is 1.53. The van der Waals surface area contributed by atoms with E-state index in [0.29, 0.717) is 11.5 Å². The maximum Gasteiger partial charge on any atom is 0.277 e. The van der Waals surface area contributed by atoms with Gasteiger partial charge in [-0.15, -0.1) is 0 Å². The van der Waals surface area contributed by atoms with Crippen LogP contribution in [0.1, 0.15) is 62.4 Å². The van der Waals surface area contributed by atoms with E-state index in [9.17, 15) is 14.0 Å². The Morgan fingerprint density at radius 3 is 2.56 bits per heavy atom. The Kier molecular flexibility index (Phi) is 5.98. The van der Waals surface area contributed by atoms with Crippen molar-refractivity contribution in [3.63, 3.8) is 0 Å². The van der Waals surface area contributed by atoms with Crippen LogP contribution in [-0.2, 0) is 11.3 Å². The van der Waals surface area contributed by atoms with Crippen LogP contribution in [0.15, 0.2) is 53.1 Å². The first-order valence-corrected chi connectivity index (χ1v) is 12.0. The van der Waals surface area contributed by atoms with Gasteiger partial charge in [-0.3, -0.25) is 19.2 Å². The van der Waals surface area contributed by atoms with Crippen LogP contribution in [0, 0.1) is 5.82 Å². The molecule has 2 aromatic heterocycles. The molecule has 0 bridgehead atoms. The molecule has 1 fully saturated rings. The quantitative estimate of drug-likeness (QED) is 0.594. The minimum absolute atomic E-state index is 0.0416. The zero-order chi connectivity index (χ0) is 23.7. The summed E-state index contributed by atoms with van der Waals surface area (Å²) in [5.74, 6) is -0.805. The minimum atomic E-state index is -1.36. The molecule has 7 nitrogen and oxygen atoms in total. The van der Waals surface area contributed by atoms with Crippen LogP contribution < -0.4 is 10.2 Å². The Labute approximate surface area is 197 Å². The smallest absolute Gasteiger partial charge is 0.277 e. The van der Waals surface area contributed by atoms with Gasteiger partial charge in [-0.05, 0) is 44.0 Å². The Hall–Kier alpha value is -3.42. The second-order valence-electron chi connectivity index (χ2n) is 9.43. The summed E-state index contributed by atoms with van der Waals surface area (Å²) in [6, 6.07) is 11.2. The Morgan fingerprint density at radius 2 is 1.85 bits per heavy atom. The predicted molar refractivity (Wildman–Crippen MR) is 126 cm³/mol. The van der Waals surface area contributed by atoms with Gasteiger partial charge < -0.3 is 9.73 Å². The van der Waals surface area contributed by atoms with Gasteiger partial charge >= 0.3 is 0 Å². The van der Waals surface area contributed by atoms with Gasteiger partial charge in [-0.2, -0.15) is 5.10 Å². The molecular formula is C26H29FN4O3. The number of nitrogens with one attached hydrogen (secondary N) is 1. The topological polar surface area (TPSA) is 80.4 Å². The third-order valence-electron chi connectivity index (χ3n) is 6.95. The number of anilines is 1. The molecule has 1 aliphatic heterocycles. The summed E-state index contributed by atoms with van der Waals surface area (Å²) >= 11 is 0. The second kappa shape index (κ2) is 9.08. The number of rotatable bonds is 4. The highest BCUT2D eigenvalue weighted by Gasteiger charge is 2.50. The van der Waals surface area contributed by atoms with Crippen LogP contribution in [0.4, 0.5) is 10.1 Å². The van der Waals surface area contributed by atoms with Gasteiger partial charge in [0.05, 0.1) is 18.5 Å². The van der Waals surface area contributed by atoms with Gasteiger partial charge in [0.15, 0.2) is 5.76 Å². The van der Waals surface area contributed by atoms with Gasteiger partial charge in [-0.25, -0.2) is 4.39 Å². The SMILES string of the molecule is C[C@@]1(C(=O)NC2CCCCCCC2)Cn2nc(-c3ccco3)cc2C(=O)N1c1ccccc1F. The molecule has 178 valence electrons. The lowest BCUT2D eigenvalue weighted by Gasteiger charge is -2.43. The van der Waals surface area contributed by atoms with Gasteiger partial charge in [0.2, 0.25) is 5.91 Å². The average molecular weight is 465 g/mol. The molecule has 3 aromatic rings. The largest absolute Gasteiger partial charge is 0.463 e. The summed E-state index contributed by atoms with van der Waals surface area (Å²) in [5, 5.41) is 7.73. The molecule has 1 aromatic carbocycles. The van der Waals surface area contributed by atoms with Crippen molar-refractivity contribution in [2.45, 2.75) is 70.0 Å². The molecule has 2 amide bonds. The molecule has 8 heteroatoms. The second-order valence-corrected chi connectivity index (χ2v) is 9.43. The molecule has 3 heterocycles. The summed E-state index contributed by atoms with van der Waals surface area (Å²) in [6.07, 6.45) is 9.03. The molecule has 1 atom stereocenters. The number of amides is 2. The predicted octanol–water partition coefficient (Wildman–Crippen LogP) is 4.93. The van der Waals surface area contributed by atoms with Crippen LogP contribution >= 0.6 is 0 Å². The number of benzene rings is 1. The Bertz CT molecular complexity index is 1180. The first-order valence-electron chi connectivity index (χ1n) is 12.0. The highest BCUT2D eigenvalue weighted by Crippen LogP contribution is 2.35. The molecular weight excluding hydrogens is 435 g/mol. The van der Waals surface area contributed by atoms with Crippen LogP contribution in [0.25, 0.3) is 11.5 Å². The van der Waals surface area contributed by atoms with Crippen molar-refractivity contribution in [2.24, 2.45) is 0 Å². The van der Waals surface area contributed by atoms with Crippen molar-refractivity contribution in [1.29, 1.82) is 0 Å². The van der Waals surface area contributed by atoms with Crippen LogP contribution in [0.3, 0.4) is 0 Å². The van der Waals surface area contributed by atoms with Gasteiger partial charge in [0.1, 0.15) is 22.7 Å². The van der Waals surface area contributed by atoms with E-state index in [-0.39, 0.29) is 29.9 Å². The average Bonchev–Trinajstić information content (AvgIpc) is 3.46. The maximum atomic E-state index is 15.0. The standard InChI is InChI=1S/C26H29FN4O3/c1-26(25(33)28-18-10-5-3-2-4-6-11-18)17-30-22(16-20(29-30)23-14-9-15-34-23)24(32)31(26)21-13-8-7-12-19(21)27/h7-9,12-16,18H,2-6,10-11,17H2,1H3,(H,28,33)/t26-/m0/s1. The molecule has 0 radical (unpaired) electrons. The number of furan rings is 1.